The average molecular weight is 282 g/mol. The normalized spacial score (nSPS) is 21.1. The number of piperidine rings is 1. The summed E-state index contributed by atoms with van der Waals surface area (Å²) in [5.41, 5.74) is 0. The lowest BCUT2D eigenvalue weighted by atomic mass is 9.91. The minimum absolute atomic E-state index is 0.0859. The van der Waals surface area contributed by atoms with Gasteiger partial charge in [0.25, 0.3) is 0 Å². The molecule has 0 aromatic rings. The van der Waals surface area contributed by atoms with Crippen molar-refractivity contribution in [1.82, 2.24) is 10.2 Å². The Balaban J connectivity index is 1.73. The smallest absolute Gasteiger partial charge is 0.410 e. The summed E-state index contributed by atoms with van der Waals surface area (Å²) in [5, 5.41) is 12.8. The highest BCUT2D eigenvalue weighted by molar-refractivity contribution is 5.81. The molecule has 0 aromatic carbocycles. The molecule has 2 N–H and O–H groups in total. The molecule has 6 nitrogen and oxygen atoms in total. The first-order valence-electron chi connectivity index (χ1n) is 7.13. The Bertz CT molecular complexity index is 373. The number of nitrogens with one attached hydrogen (secondary N) is 1. The summed E-state index contributed by atoms with van der Waals surface area (Å²) in [6.07, 6.45) is 3.43. The lowest BCUT2D eigenvalue weighted by Gasteiger charge is -2.33. The van der Waals surface area contributed by atoms with Gasteiger partial charge in [-0.05, 0) is 31.6 Å². The Morgan fingerprint density at radius 3 is 2.55 bits per heavy atom. The summed E-state index contributed by atoms with van der Waals surface area (Å²) in [6, 6.07) is 0.256. The van der Waals surface area contributed by atoms with E-state index in [0.717, 1.165) is 12.8 Å². The number of carbonyl (C=O) groups excluding carboxylic acids is 2. The molecule has 20 heavy (non-hydrogen) atoms. The summed E-state index contributed by atoms with van der Waals surface area (Å²) < 4.78 is 4.96. The van der Waals surface area contributed by atoms with Gasteiger partial charge in [0.1, 0.15) is 12.7 Å². The maximum absolute atomic E-state index is 11.8. The van der Waals surface area contributed by atoms with Crippen LogP contribution in [0.15, 0.2) is 12.7 Å². The maximum atomic E-state index is 11.8. The van der Waals surface area contributed by atoms with Crippen LogP contribution in [0.4, 0.5) is 4.79 Å². The Labute approximate surface area is 118 Å². The summed E-state index contributed by atoms with van der Waals surface area (Å²) in [7, 11) is 0. The molecule has 0 spiro atoms. The number of aliphatic hydroxyl groups is 1. The molecule has 0 aromatic heterocycles. The van der Waals surface area contributed by atoms with Crippen LogP contribution in [0.5, 0.6) is 0 Å². The number of hydrogen-bond acceptors (Lipinski definition) is 4. The van der Waals surface area contributed by atoms with E-state index in [1.54, 1.807) is 4.90 Å². The molecule has 2 amide bonds. The predicted octanol–water partition coefficient (Wildman–Crippen LogP) is 0.660. The van der Waals surface area contributed by atoms with Crippen LogP contribution < -0.4 is 5.32 Å². The molecule has 1 unspecified atom stereocenters. The largest absolute Gasteiger partial charge is 0.445 e. The van der Waals surface area contributed by atoms with Gasteiger partial charge in [-0.2, -0.15) is 0 Å². The number of carbonyl (C=O) groups is 2. The van der Waals surface area contributed by atoms with Gasteiger partial charge in [0.15, 0.2) is 0 Å². The SMILES string of the molecule is C=CCOC(=O)N1CCC(C(O)C(=O)NC2CC2)CC1. The average Bonchev–Trinajstić information content (AvgIpc) is 3.28. The van der Waals surface area contributed by atoms with Crippen molar-refractivity contribution in [3.63, 3.8) is 0 Å². The van der Waals surface area contributed by atoms with E-state index in [2.05, 4.69) is 11.9 Å². The number of likely N-dealkylation sites (tertiary alicyclic amines) is 1. The van der Waals surface area contributed by atoms with E-state index in [1.165, 1.54) is 6.08 Å². The zero-order valence-corrected chi connectivity index (χ0v) is 11.6. The standard InChI is InChI=1S/C14H22N2O4/c1-2-9-20-14(19)16-7-5-10(6-8-16)12(17)13(18)15-11-3-4-11/h2,10-12,17H,1,3-9H2,(H,15,18). The fourth-order valence-electron chi connectivity index (χ4n) is 2.35. The molecule has 1 atom stereocenters. The molecule has 1 saturated carbocycles. The second-order valence-corrected chi connectivity index (χ2v) is 5.42. The number of amides is 2. The summed E-state index contributed by atoms with van der Waals surface area (Å²) >= 11 is 0. The first-order chi connectivity index (χ1) is 9.61. The van der Waals surface area contributed by atoms with Crippen molar-refractivity contribution in [3.05, 3.63) is 12.7 Å². The maximum Gasteiger partial charge on any atom is 0.410 e. The van der Waals surface area contributed by atoms with Crippen LogP contribution in [-0.2, 0) is 9.53 Å². The summed E-state index contributed by atoms with van der Waals surface area (Å²) in [6.45, 7) is 4.70. The predicted molar refractivity (Wildman–Crippen MR) is 73.0 cm³/mol. The van der Waals surface area contributed by atoms with Gasteiger partial charge in [-0.1, -0.05) is 12.7 Å². The van der Waals surface area contributed by atoms with E-state index in [1.807, 2.05) is 0 Å². The molecular weight excluding hydrogens is 260 g/mol. The van der Waals surface area contributed by atoms with E-state index in [-0.39, 0.29) is 30.6 Å². The zero-order valence-electron chi connectivity index (χ0n) is 11.6. The zero-order chi connectivity index (χ0) is 14.5. The van der Waals surface area contributed by atoms with E-state index < -0.39 is 6.10 Å². The van der Waals surface area contributed by atoms with Crippen LogP contribution >= 0.6 is 0 Å². The number of ether oxygens (including phenoxy) is 1. The third kappa shape index (κ3) is 3.96. The van der Waals surface area contributed by atoms with E-state index >= 15 is 0 Å². The van der Waals surface area contributed by atoms with Crippen molar-refractivity contribution in [2.45, 2.75) is 37.8 Å². The molecule has 1 aliphatic carbocycles. The topological polar surface area (TPSA) is 78.9 Å². The van der Waals surface area contributed by atoms with E-state index in [9.17, 15) is 14.7 Å². The van der Waals surface area contributed by atoms with E-state index in [0.29, 0.717) is 25.9 Å². The highest BCUT2D eigenvalue weighted by atomic mass is 16.6. The second kappa shape index (κ2) is 6.74. The first kappa shape index (κ1) is 14.8. The third-order valence-corrected chi connectivity index (χ3v) is 3.76. The first-order valence-corrected chi connectivity index (χ1v) is 7.13. The fourth-order valence-corrected chi connectivity index (χ4v) is 2.35. The molecule has 1 saturated heterocycles. The van der Waals surface area contributed by atoms with Gasteiger partial charge in [0.05, 0.1) is 0 Å². The molecule has 0 radical (unpaired) electrons. The number of rotatable bonds is 5. The Morgan fingerprint density at radius 1 is 1.35 bits per heavy atom. The molecular formula is C14H22N2O4. The number of aliphatic hydroxyl groups excluding tert-OH is 1. The van der Waals surface area contributed by atoms with Gasteiger partial charge in [0.2, 0.25) is 5.91 Å². The van der Waals surface area contributed by atoms with Crippen molar-refractivity contribution in [3.8, 4) is 0 Å². The van der Waals surface area contributed by atoms with Gasteiger partial charge in [-0.3, -0.25) is 4.79 Å². The molecule has 2 fully saturated rings. The van der Waals surface area contributed by atoms with Crippen LogP contribution in [0.2, 0.25) is 0 Å². The lowest BCUT2D eigenvalue weighted by molar-refractivity contribution is -0.133. The molecule has 1 aliphatic heterocycles. The lowest BCUT2D eigenvalue weighted by Crippen LogP contribution is -2.46. The Kier molecular flexibility index (Phi) is 5.00. The van der Waals surface area contributed by atoms with Crippen molar-refractivity contribution in [2.24, 2.45) is 5.92 Å². The van der Waals surface area contributed by atoms with E-state index in [4.69, 9.17) is 4.74 Å². The minimum atomic E-state index is -0.970. The van der Waals surface area contributed by atoms with Crippen LogP contribution in [0.1, 0.15) is 25.7 Å². The third-order valence-electron chi connectivity index (χ3n) is 3.76. The molecule has 0 bridgehead atoms. The monoisotopic (exact) mass is 282 g/mol. The number of nitrogens with zero attached hydrogens (tertiary/aromatic N) is 1. The van der Waals surface area contributed by atoms with Crippen LogP contribution in [0.3, 0.4) is 0 Å². The van der Waals surface area contributed by atoms with Gasteiger partial charge >= 0.3 is 6.09 Å². The molecule has 112 valence electrons. The van der Waals surface area contributed by atoms with Crippen molar-refractivity contribution < 1.29 is 19.4 Å². The number of hydrogen-bond donors (Lipinski definition) is 2. The Morgan fingerprint density at radius 2 is 2.00 bits per heavy atom. The summed E-state index contributed by atoms with van der Waals surface area (Å²) in [4.78, 5) is 25.0. The molecule has 6 heteroatoms. The molecule has 2 rings (SSSR count). The highest BCUT2D eigenvalue weighted by Crippen LogP contribution is 2.23. The van der Waals surface area contributed by atoms with Gasteiger partial charge in [-0.25, -0.2) is 4.79 Å². The second-order valence-electron chi connectivity index (χ2n) is 5.42. The quantitative estimate of drug-likeness (QED) is 0.726. The van der Waals surface area contributed by atoms with Crippen molar-refractivity contribution in [1.29, 1.82) is 0 Å². The van der Waals surface area contributed by atoms with Gasteiger partial charge < -0.3 is 20.1 Å². The van der Waals surface area contributed by atoms with Crippen molar-refractivity contribution in [2.75, 3.05) is 19.7 Å². The van der Waals surface area contributed by atoms with Crippen LogP contribution in [0, 0.1) is 5.92 Å². The Hall–Kier alpha value is -1.56. The van der Waals surface area contributed by atoms with Crippen molar-refractivity contribution >= 4 is 12.0 Å². The van der Waals surface area contributed by atoms with Crippen LogP contribution in [-0.4, -0.2) is 53.8 Å². The van der Waals surface area contributed by atoms with Gasteiger partial charge in [0, 0.05) is 19.1 Å². The van der Waals surface area contributed by atoms with Gasteiger partial charge in [-0.15, -0.1) is 0 Å². The minimum Gasteiger partial charge on any atom is -0.445 e. The summed E-state index contributed by atoms with van der Waals surface area (Å²) in [5.74, 6) is -0.364. The molecule has 1 heterocycles. The highest BCUT2D eigenvalue weighted by Gasteiger charge is 2.34. The fraction of sp³-hybridized carbons (Fsp3) is 0.714. The van der Waals surface area contributed by atoms with Crippen LogP contribution in [0.25, 0.3) is 0 Å². The molecule has 2 aliphatic rings.